The number of amides is 1. The van der Waals surface area contributed by atoms with E-state index in [9.17, 15) is 9.18 Å². The summed E-state index contributed by atoms with van der Waals surface area (Å²) in [5.74, 6) is 0.864. The first-order valence-electron chi connectivity index (χ1n) is 8.81. The zero-order valence-electron chi connectivity index (χ0n) is 15.7. The van der Waals surface area contributed by atoms with Crippen LogP contribution in [0.4, 0.5) is 10.1 Å². The molecular weight excluding hydrogens is 401 g/mol. The lowest BCUT2D eigenvalue weighted by atomic mass is 10.1. The van der Waals surface area contributed by atoms with Gasteiger partial charge in [-0.15, -0.1) is 0 Å². The third kappa shape index (κ3) is 3.63. The Balaban J connectivity index is 1.58. The molecule has 0 radical (unpaired) electrons. The average molecular weight is 418 g/mol. The molecule has 150 valence electrons. The van der Waals surface area contributed by atoms with E-state index in [1.165, 1.54) is 23.1 Å². The molecule has 0 spiro atoms. The third-order valence-corrected chi connectivity index (χ3v) is 5.08. The second-order valence-corrected chi connectivity index (χ2v) is 6.93. The van der Waals surface area contributed by atoms with Crippen molar-refractivity contribution in [2.24, 2.45) is 0 Å². The number of hydrogen-bond donors (Lipinski definition) is 0. The van der Waals surface area contributed by atoms with Gasteiger partial charge in [-0.25, -0.2) is 4.39 Å². The Bertz CT molecular complexity index is 1070. The smallest absolute Gasteiger partial charge is 0.232 e. The van der Waals surface area contributed by atoms with E-state index < -0.39 is 5.82 Å². The molecule has 3 aromatic rings. The summed E-state index contributed by atoms with van der Waals surface area (Å²) in [7, 11) is 3.09. The Kier molecular flexibility index (Phi) is 5.10. The van der Waals surface area contributed by atoms with Gasteiger partial charge in [0.1, 0.15) is 5.82 Å². The predicted molar refractivity (Wildman–Crippen MR) is 104 cm³/mol. The van der Waals surface area contributed by atoms with Gasteiger partial charge in [0.05, 0.1) is 30.8 Å². The number of carbonyl (C=O) groups is 1. The standard InChI is InChI=1S/C20H17ClFN3O4/c1-27-16-6-3-11(7-17(16)28-2)19-23-20(29-24-19)12-8-18(26)25(10-12)15-9-13(22)4-5-14(15)21/h3-7,9,12H,8,10H2,1-2H3. The number of rotatable bonds is 5. The highest BCUT2D eigenvalue weighted by molar-refractivity contribution is 6.33. The van der Waals surface area contributed by atoms with Crippen molar-refractivity contribution < 1.29 is 23.2 Å². The maximum absolute atomic E-state index is 13.6. The minimum absolute atomic E-state index is 0.167. The highest BCUT2D eigenvalue weighted by Gasteiger charge is 2.36. The Morgan fingerprint density at radius 3 is 2.72 bits per heavy atom. The molecule has 1 saturated heterocycles. The minimum atomic E-state index is -0.464. The van der Waals surface area contributed by atoms with E-state index in [4.69, 9.17) is 25.6 Å². The molecule has 1 aliphatic heterocycles. The van der Waals surface area contributed by atoms with Crippen LogP contribution in [0, 0.1) is 5.82 Å². The summed E-state index contributed by atoms with van der Waals surface area (Å²) in [4.78, 5) is 18.4. The van der Waals surface area contributed by atoms with E-state index in [0.29, 0.717) is 39.5 Å². The van der Waals surface area contributed by atoms with Crippen LogP contribution >= 0.6 is 11.6 Å². The van der Waals surface area contributed by atoms with Gasteiger partial charge >= 0.3 is 0 Å². The van der Waals surface area contributed by atoms with E-state index in [1.54, 1.807) is 32.4 Å². The van der Waals surface area contributed by atoms with Gasteiger partial charge in [0.25, 0.3) is 0 Å². The maximum Gasteiger partial charge on any atom is 0.232 e. The van der Waals surface area contributed by atoms with Crippen LogP contribution in [-0.4, -0.2) is 36.8 Å². The lowest BCUT2D eigenvalue weighted by Crippen LogP contribution is -2.24. The lowest BCUT2D eigenvalue weighted by molar-refractivity contribution is -0.117. The van der Waals surface area contributed by atoms with Crippen LogP contribution in [0.15, 0.2) is 40.9 Å². The molecule has 1 atom stereocenters. The van der Waals surface area contributed by atoms with E-state index >= 15 is 0 Å². The fourth-order valence-corrected chi connectivity index (χ4v) is 3.51. The van der Waals surface area contributed by atoms with Gasteiger partial charge in [-0.05, 0) is 36.4 Å². The molecule has 1 amide bonds. The van der Waals surface area contributed by atoms with Crippen LogP contribution in [0.5, 0.6) is 11.5 Å². The monoisotopic (exact) mass is 417 g/mol. The van der Waals surface area contributed by atoms with Crippen molar-refractivity contribution in [1.29, 1.82) is 0 Å². The van der Waals surface area contributed by atoms with Crippen LogP contribution in [0.25, 0.3) is 11.4 Å². The van der Waals surface area contributed by atoms with Crippen LogP contribution in [0.3, 0.4) is 0 Å². The fourth-order valence-electron chi connectivity index (χ4n) is 3.29. The number of benzene rings is 2. The van der Waals surface area contributed by atoms with E-state index in [0.717, 1.165) is 0 Å². The summed E-state index contributed by atoms with van der Waals surface area (Å²) in [5, 5.41) is 4.32. The molecule has 1 fully saturated rings. The number of carbonyl (C=O) groups excluding carboxylic acids is 1. The molecule has 0 bridgehead atoms. The van der Waals surface area contributed by atoms with Crippen molar-refractivity contribution in [3.05, 3.63) is 53.1 Å². The van der Waals surface area contributed by atoms with Gasteiger partial charge < -0.3 is 18.9 Å². The zero-order valence-corrected chi connectivity index (χ0v) is 16.4. The highest BCUT2D eigenvalue weighted by Crippen LogP contribution is 2.36. The molecule has 0 saturated carbocycles. The van der Waals surface area contributed by atoms with Crippen LogP contribution in [0.1, 0.15) is 18.2 Å². The average Bonchev–Trinajstić information content (AvgIpc) is 3.36. The zero-order chi connectivity index (χ0) is 20.5. The second kappa shape index (κ2) is 7.71. The molecule has 1 aromatic heterocycles. The number of hydrogen-bond acceptors (Lipinski definition) is 6. The van der Waals surface area contributed by atoms with E-state index in [1.807, 2.05) is 0 Å². The van der Waals surface area contributed by atoms with Crippen molar-refractivity contribution >= 4 is 23.2 Å². The van der Waals surface area contributed by atoms with Crippen molar-refractivity contribution in [2.75, 3.05) is 25.7 Å². The van der Waals surface area contributed by atoms with Gasteiger partial charge in [-0.2, -0.15) is 4.98 Å². The molecule has 2 aromatic carbocycles. The van der Waals surface area contributed by atoms with Gasteiger partial charge in [-0.1, -0.05) is 16.8 Å². The first-order chi connectivity index (χ1) is 14.0. The molecule has 2 heterocycles. The normalized spacial score (nSPS) is 16.3. The van der Waals surface area contributed by atoms with Crippen LogP contribution < -0.4 is 14.4 Å². The number of anilines is 1. The Labute approximate surface area is 171 Å². The molecule has 4 rings (SSSR count). The molecule has 1 aliphatic rings. The first kappa shape index (κ1) is 19.2. The second-order valence-electron chi connectivity index (χ2n) is 6.53. The largest absolute Gasteiger partial charge is 0.493 e. The molecule has 7 nitrogen and oxygen atoms in total. The summed E-state index contributed by atoms with van der Waals surface area (Å²) in [6.45, 7) is 0.273. The number of ether oxygens (including phenoxy) is 2. The SMILES string of the molecule is COc1ccc(-c2noc(C3CC(=O)N(c4cc(F)ccc4Cl)C3)n2)cc1OC. The number of halogens is 2. The minimum Gasteiger partial charge on any atom is -0.493 e. The van der Waals surface area contributed by atoms with Crippen LogP contribution in [0.2, 0.25) is 5.02 Å². The van der Waals surface area contributed by atoms with Crippen molar-refractivity contribution in [3.63, 3.8) is 0 Å². The Morgan fingerprint density at radius 1 is 1.17 bits per heavy atom. The summed E-state index contributed by atoms with van der Waals surface area (Å²) in [6.07, 6.45) is 0.167. The van der Waals surface area contributed by atoms with Crippen molar-refractivity contribution in [2.45, 2.75) is 12.3 Å². The fraction of sp³-hybridized carbons (Fsp3) is 0.250. The maximum atomic E-state index is 13.6. The Hall–Kier alpha value is -3.13. The molecule has 1 unspecified atom stereocenters. The Morgan fingerprint density at radius 2 is 1.97 bits per heavy atom. The summed E-state index contributed by atoms with van der Waals surface area (Å²) in [6, 6.07) is 9.19. The quantitative estimate of drug-likeness (QED) is 0.622. The molecule has 0 aliphatic carbocycles. The molecule has 29 heavy (non-hydrogen) atoms. The van der Waals surface area contributed by atoms with Gasteiger partial charge in [-0.3, -0.25) is 4.79 Å². The van der Waals surface area contributed by atoms with E-state index in [2.05, 4.69) is 10.1 Å². The number of aromatic nitrogens is 2. The van der Waals surface area contributed by atoms with Crippen molar-refractivity contribution in [1.82, 2.24) is 10.1 Å². The van der Waals surface area contributed by atoms with Crippen LogP contribution in [-0.2, 0) is 4.79 Å². The number of nitrogens with zero attached hydrogens (tertiary/aromatic N) is 3. The molecule has 9 heteroatoms. The van der Waals surface area contributed by atoms with E-state index in [-0.39, 0.29) is 24.8 Å². The van der Waals surface area contributed by atoms with Gasteiger partial charge in [0.15, 0.2) is 11.5 Å². The first-order valence-corrected chi connectivity index (χ1v) is 9.19. The lowest BCUT2D eigenvalue weighted by Gasteiger charge is -2.17. The molecule has 0 N–H and O–H groups in total. The van der Waals surface area contributed by atoms with Gasteiger partial charge in [0, 0.05) is 18.5 Å². The summed E-state index contributed by atoms with van der Waals surface area (Å²) in [5.41, 5.74) is 1.02. The molecular formula is C20H17ClFN3O4. The predicted octanol–water partition coefficient (Wildman–Crippen LogP) is 4.07. The van der Waals surface area contributed by atoms with Crippen molar-refractivity contribution in [3.8, 4) is 22.9 Å². The summed E-state index contributed by atoms with van der Waals surface area (Å²) < 4.78 is 29.5. The highest BCUT2D eigenvalue weighted by atomic mass is 35.5. The third-order valence-electron chi connectivity index (χ3n) is 4.76. The summed E-state index contributed by atoms with van der Waals surface area (Å²) >= 11 is 6.14. The topological polar surface area (TPSA) is 77.7 Å². The number of methoxy groups -OCH3 is 2. The van der Waals surface area contributed by atoms with Gasteiger partial charge in [0.2, 0.25) is 17.6 Å².